The maximum absolute atomic E-state index is 9.95. The molecule has 14 aromatic rings. The third-order valence-electron chi connectivity index (χ3n) is 16.1. The maximum atomic E-state index is 9.95. The van der Waals surface area contributed by atoms with Gasteiger partial charge in [-0.3, -0.25) is 0 Å². The van der Waals surface area contributed by atoms with Crippen molar-refractivity contribution in [1.29, 1.82) is 10.5 Å². The average molecular weight is 1180 g/mol. The topological polar surface area (TPSA) is 60.5 Å². The lowest BCUT2D eigenvalue weighted by atomic mass is 9.96. The Morgan fingerprint density at radius 1 is 0.152 bits per heavy atom. The van der Waals surface area contributed by atoms with E-state index in [0.29, 0.717) is 11.1 Å². The van der Waals surface area contributed by atoms with Crippen LogP contribution in [0, 0.1) is 22.7 Å². The molecule has 0 aromatic heterocycles. The first kappa shape index (κ1) is 58.3. The van der Waals surface area contributed by atoms with E-state index in [0.717, 1.165) is 113 Å². The lowest BCUT2D eigenvalue weighted by Gasteiger charge is -2.25. The van der Waals surface area contributed by atoms with Gasteiger partial charge in [0.25, 0.3) is 0 Å². The molecule has 6 heteroatoms. The zero-order valence-corrected chi connectivity index (χ0v) is 50.5. The highest BCUT2D eigenvalue weighted by Gasteiger charge is 2.18. The molecule has 0 saturated heterocycles. The molecule has 92 heavy (non-hydrogen) atoms. The van der Waals surface area contributed by atoms with Crippen molar-refractivity contribution in [3.05, 3.63) is 387 Å². The minimum atomic E-state index is 0.631. The van der Waals surface area contributed by atoms with E-state index in [2.05, 4.69) is 335 Å². The molecule has 0 aliphatic heterocycles. The van der Waals surface area contributed by atoms with E-state index < -0.39 is 0 Å². The van der Waals surface area contributed by atoms with Gasteiger partial charge in [-0.15, -0.1) is 0 Å². The molecule has 0 aliphatic rings. The summed E-state index contributed by atoms with van der Waals surface area (Å²) in [6, 6.07) is 134. The first-order valence-corrected chi connectivity index (χ1v) is 30.7. The van der Waals surface area contributed by atoms with Crippen LogP contribution in [0.25, 0.3) is 44.5 Å². The van der Waals surface area contributed by atoms with Gasteiger partial charge in [0.1, 0.15) is 0 Å². The fraction of sp³-hybridized carbons (Fsp3) is 0. The molecule has 0 fully saturated rings. The Morgan fingerprint density at radius 3 is 0.435 bits per heavy atom. The Balaban J connectivity index is 0.000000168. The monoisotopic (exact) mass is 1180 g/mol. The fourth-order valence-electron chi connectivity index (χ4n) is 11.7. The minimum absolute atomic E-state index is 0.631. The van der Waals surface area contributed by atoms with Gasteiger partial charge >= 0.3 is 0 Å². The Hall–Kier alpha value is -12.7. The van der Waals surface area contributed by atoms with Gasteiger partial charge in [-0.25, -0.2) is 0 Å². The summed E-state index contributed by atoms with van der Waals surface area (Å²) in [5.74, 6) is 0. The number of nitrogens with zero attached hydrogens (tertiary/aromatic N) is 6. The van der Waals surface area contributed by atoms with Gasteiger partial charge in [0.05, 0.1) is 23.3 Å². The second-order valence-corrected chi connectivity index (χ2v) is 22.0. The summed E-state index contributed by atoms with van der Waals surface area (Å²) in [5.41, 5.74) is 22.5. The molecule has 0 radical (unpaired) electrons. The number of hydrogen-bond donors (Lipinski definition) is 0. The van der Waals surface area contributed by atoms with Crippen LogP contribution in [0.15, 0.2) is 376 Å². The molecule has 0 aliphatic carbocycles. The minimum Gasteiger partial charge on any atom is -0.311 e. The molecular formula is C86H62N6. The van der Waals surface area contributed by atoms with Gasteiger partial charge in [-0.05, 0) is 226 Å². The highest BCUT2D eigenvalue weighted by atomic mass is 15.2. The Kier molecular flexibility index (Phi) is 17.7. The number of benzene rings is 14. The van der Waals surface area contributed by atoms with E-state index in [4.69, 9.17) is 0 Å². The first-order valence-electron chi connectivity index (χ1n) is 30.7. The largest absolute Gasteiger partial charge is 0.311 e. The molecule has 14 rings (SSSR count). The predicted molar refractivity (Wildman–Crippen MR) is 383 cm³/mol. The van der Waals surface area contributed by atoms with E-state index in [1.54, 1.807) is 0 Å². The van der Waals surface area contributed by atoms with Crippen molar-refractivity contribution in [3.8, 4) is 56.6 Å². The van der Waals surface area contributed by atoms with Crippen LogP contribution in [0.2, 0.25) is 0 Å². The third-order valence-corrected chi connectivity index (χ3v) is 16.1. The number of para-hydroxylation sites is 8. The van der Waals surface area contributed by atoms with Crippen LogP contribution < -0.4 is 19.6 Å². The zero-order chi connectivity index (χ0) is 62.3. The molecule has 0 unspecified atom stereocenters. The van der Waals surface area contributed by atoms with Crippen LogP contribution in [0.3, 0.4) is 0 Å². The zero-order valence-electron chi connectivity index (χ0n) is 50.5. The van der Waals surface area contributed by atoms with E-state index in [-0.39, 0.29) is 0 Å². The molecule has 0 amide bonds. The third kappa shape index (κ3) is 13.4. The fourth-order valence-corrected chi connectivity index (χ4v) is 11.7. The summed E-state index contributed by atoms with van der Waals surface area (Å²) >= 11 is 0. The van der Waals surface area contributed by atoms with Crippen molar-refractivity contribution in [2.45, 2.75) is 0 Å². The standard InChI is InChI=1S/2C43H31N3/c2*44-32-33-29-36(34-21-25-42(26-22-34)45(38-13-5-1-6-14-38)39-15-7-2-8-16-39)31-37(30-33)35-23-27-43(28-24-35)46(40-17-9-3-10-18-40)41-19-11-4-12-20-41/h2*1-31H. The molecule has 0 spiro atoms. The molecule has 0 saturated carbocycles. The van der Waals surface area contributed by atoms with Gasteiger partial charge in [0.2, 0.25) is 0 Å². The van der Waals surface area contributed by atoms with E-state index in [1.807, 2.05) is 72.8 Å². The molecular weight excluding hydrogens is 1120 g/mol. The van der Waals surface area contributed by atoms with Crippen LogP contribution in [0.5, 0.6) is 0 Å². The van der Waals surface area contributed by atoms with Crippen LogP contribution in [-0.4, -0.2) is 0 Å². The molecule has 14 aromatic carbocycles. The Labute approximate surface area is 539 Å². The Bertz CT molecular complexity index is 4000. The van der Waals surface area contributed by atoms with Crippen molar-refractivity contribution < 1.29 is 0 Å². The summed E-state index contributed by atoms with van der Waals surface area (Å²) < 4.78 is 0. The summed E-state index contributed by atoms with van der Waals surface area (Å²) in [6.07, 6.45) is 0. The van der Waals surface area contributed by atoms with Crippen molar-refractivity contribution >= 4 is 68.2 Å². The van der Waals surface area contributed by atoms with E-state index >= 15 is 0 Å². The number of anilines is 12. The molecule has 0 atom stereocenters. The average Bonchev–Trinajstić information content (AvgIpc) is 1.30. The smallest absolute Gasteiger partial charge is 0.0992 e. The normalized spacial score (nSPS) is 10.6. The van der Waals surface area contributed by atoms with Crippen LogP contribution in [0.4, 0.5) is 68.2 Å². The summed E-state index contributed by atoms with van der Waals surface area (Å²) in [6.45, 7) is 0. The van der Waals surface area contributed by atoms with E-state index in [9.17, 15) is 10.5 Å². The molecule has 0 N–H and O–H groups in total. The molecule has 436 valence electrons. The summed E-state index contributed by atoms with van der Waals surface area (Å²) in [7, 11) is 0. The number of rotatable bonds is 16. The SMILES string of the molecule is N#Cc1cc(-c2ccc(N(c3ccccc3)c3ccccc3)cc2)cc(-c2ccc(N(c3ccccc3)c3ccccc3)cc2)c1.N#Cc1cc(-c2ccc(N(c3ccccc3)c3ccccc3)cc2)cc(-c2ccc(N(c3ccccc3)c3ccccc3)cc2)c1. The van der Waals surface area contributed by atoms with Gasteiger partial charge in [0.15, 0.2) is 0 Å². The first-order chi connectivity index (χ1) is 45.5. The van der Waals surface area contributed by atoms with Gasteiger partial charge in [-0.2, -0.15) is 10.5 Å². The molecule has 6 nitrogen and oxygen atoms in total. The quantitative estimate of drug-likeness (QED) is 0.0961. The van der Waals surface area contributed by atoms with Crippen LogP contribution in [0.1, 0.15) is 11.1 Å². The second-order valence-electron chi connectivity index (χ2n) is 22.0. The lowest BCUT2D eigenvalue weighted by molar-refractivity contribution is 1.28. The van der Waals surface area contributed by atoms with Crippen molar-refractivity contribution in [1.82, 2.24) is 0 Å². The Morgan fingerprint density at radius 2 is 0.293 bits per heavy atom. The highest BCUT2D eigenvalue weighted by molar-refractivity contribution is 5.85. The number of nitriles is 2. The van der Waals surface area contributed by atoms with E-state index in [1.165, 1.54) is 0 Å². The molecule has 0 heterocycles. The van der Waals surface area contributed by atoms with Crippen molar-refractivity contribution in [3.63, 3.8) is 0 Å². The van der Waals surface area contributed by atoms with Crippen molar-refractivity contribution in [2.75, 3.05) is 19.6 Å². The predicted octanol–water partition coefficient (Wildman–Crippen LogP) is 23.7. The molecule has 0 bridgehead atoms. The maximum Gasteiger partial charge on any atom is 0.0992 e. The lowest BCUT2D eigenvalue weighted by Crippen LogP contribution is -2.09. The second kappa shape index (κ2) is 28.0. The summed E-state index contributed by atoms with van der Waals surface area (Å²) in [5, 5.41) is 19.9. The van der Waals surface area contributed by atoms with Gasteiger partial charge < -0.3 is 19.6 Å². The number of hydrogen-bond acceptors (Lipinski definition) is 6. The highest BCUT2D eigenvalue weighted by Crippen LogP contribution is 2.41. The van der Waals surface area contributed by atoms with Crippen LogP contribution >= 0.6 is 0 Å². The van der Waals surface area contributed by atoms with Crippen molar-refractivity contribution in [2.24, 2.45) is 0 Å². The van der Waals surface area contributed by atoms with Gasteiger partial charge in [0, 0.05) is 68.2 Å². The summed E-state index contributed by atoms with van der Waals surface area (Å²) in [4.78, 5) is 8.99. The van der Waals surface area contributed by atoms with Gasteiger partial charge in [-0.1, -0.05) is 194 Å². The van der Waals surface area contributed by atoms with Crippen LogP contribution in [-0.2, 0) is 0 Å².